The van der Waals surface area contributed by atoms with Gasteiger partial charge in [0.2, 0.25) is 0 Å². The number of aryl methyl sites for hydroxylation is 2. The maximum atomic E-state index is 14.6. The van der Waals surface area contributed by atoms with Gasteiger partial charge in [-0.05, 0) is 74.9 Å². The molecule has 39 heavy (non-hydrogen) atoms. The molecule has 1 atom stereocenters. The molecule has 0 unspecified atom stereocenters. The fourth-order valence-corrected chi connectivity index (χ4v) is 5.16. The lowest BCUT2D eigenvalue weighted by atomic mass is 9.98. The van der Waals surface area contributed by atoms with Gasteiger partial charge in [-0.3, -0.25) is 14.5 Å². The molecule has 6 nitrogen and oxygen atoms in total. The van der Waals surface area contributed by atoms with Crippen LogP contribution in [0.3, 0.4) is 0 Å². The lowest BCUT2D eigenvalue weighted by molar-refractivity contribution is 0.605. The van der Waals surface area contributed by atoms with Crippen LogP contribution in [0.25, 0.3) is 44.5 Å². The summed E-state index contributed by atoms with van der Waals surface area (Å²) in [6.45, 7) is 5.76. The summed E-state index contributed by atoms with van der Waals surface area (Å²) in [5.41, 5.74) is 6.08. The minimum atomic E-state index is -0.343. The van der Waals surface area contributed by atoms with Gasteiger partial charge in [-0.25, -0.2) is 4.39 Å². The van der Waals surface area contributed by atoms with Crippen LogP contribution in [0.1, 0.15) is 29.7 Å². The molecule has 0 aliphatic carbocycles. The van der Waals surface area contributed by atoms with E-state index in [-0.39, 0.29) is 17.3 Å². The lowest BCUT2D eigenvalue weighted by Gasteiger charge is -2.20. The predicted octanol–water partition coefficient (Wildman–Crippen LogP) is 7.34. The maximum Gasteiger partial charge on any atom is 0.196 e. The second-order valence-corrected chi connectivity index (χ2v) is 9.94. The molecule has 7 heteroatoms. The van der Waals surface area contributed by atoms with Crippen molar-refractivity contribution in [3.05, 3.63) is 112 Å². The van der Waals surface area contributed by atoms with Crippen molar-refractivity contribution >= 4 is 27.6 Å². The van der Waals surface area contributed by atoms with Crippen LogP contribution in [-0.2, 0) is 7.05 Å². The molecule has 0 fully saturated rings. The monoisotopic (exact) mass is 518 g/mol. The summed E-state index contributed by atoms with van der Waals surface area (Å²) in [6.07, 6.45) is 3.59. The number of rotatable bonds is 5. The van der Waals surface area contributed by atoms with Gasteiger partial charge >= 0.3 is 0 Å². The Hall–Kier alpha value is -4.78. The molecule has 0 spiro atoms. The van der Waals surface area contributed by atoms with E-state index in [0.29, 0.717) is 39.2 Å². The summed E-state index contributed by atoms with van der Waals surface area (Å²) >= 11 is 0. The van der Waals surface area contributed by atoms with Gasteiger partial charge in [0.25, 0.3) is 0 Å². The van der Waals surface area contributed by atoms with Crippen LogP contribution in [-0.4, -0.2) is 14.8 Å². The van der Waals surface area contributed by atoms with Crippen molar-refractivity contribution in [2.75, 3.05) is 5.32 Å². The summed E-state index contributed by atoms with van der Waals surface area (Å²) in [7, 11) is 1.88. The van der Waals surface area contributed by atoms with Crippen LogP contribution in [0.4, 0.5) is 10.1 Å². The summed E-state index contributed by atoms with van der Waals surface area (Å²) < 4.78 is 23.0. The summed E-state index contributed by atoms with van der Waals surface area (Å²) in [5, 5.41) is 9.43. The second kappa shape index (κ2) is 9.51. The van der Waals surface area contributed by atoms with Gasteiger partial charge in [-0.1, -0.05) is 18.2 Å². The topological polar surface area (TPSA) is 73.0 Å². The molecule has 0 aliphatic heterocycles. The van der Waals surface area contributed by atoms with Crippen LogP contribution < -0.4 is 10.7 Å². The molecule has 194 valence electrons. The molecule has 3 aromatic carbocycles. The largest absolute Gasteiger partial charge is 0.455 e. The number of fused-ring (bicyclic) bond motifs is 2. The Kier molecular flexibility index (Phi) is 5.99. The van der Waals surface area contributed by atoms with E-state index in [9.17, 15) is 9.18 Å². The van der Waals surface area contributed by atoms with Crippen molar-refractivity contribution in [2.24, 2.45) is 7.05 Å². The fourth-order valence-electron chi connectivity index (χ4n) is 5.16. The van der Waals surface area contributed by atoms with Gasteiger partial charge in [-0.15, -0.1) is 0 Å². The molecule has 1 N–H and O–H groups in total. The number of halogens is 1. The second-order valence-electron chi connectivity index (χ2n) is 9.94. The van der Waals surface area contributed by atoms with E-state index in [2.05, 4.69) is 15.4 Å². The molecule has 0 amide bonds. The average Bonchev–Trinajstić information content (AvgIpc) is 3.30. The van der Waals surface area contributed by atoms with Gasteiger partial charge in [0.1, 0.15) is 17.2 Å². The average molecular weight is 519 g/mol. The highest BCUT2D eigenvalue weighted by molar-refractivity contribution is 5.87. The van der Waals surface area contributed by atoms with Gasteiger partial charge in [0.05, 0.1) is 28.3 Å². The number of hydrogen-bond acceptors (Lipinski definition) is 5. The number of nitrogens with one attached hydrogen (secondary N) is 1. The smallest absolute Gasteiger partial charge is 0.196 e. The van der Waals surface area contributed by atoms with E-state index >= 15 is 0 Å². The number of nitrogens with zero attached hydrogens (tertiary/aromatic N) is 3. The zero-order valence-corrected chi connectivity index (χ0v) is 22.1. The van der Waals surface area contributed by atoms with E-state index in [1.165, 1.54) is 6.07 Å². The van der Waals surface area contributed by atoms with Crippen LogP contribution in [0.15, 0.2) is 88.3 Å². The highest BCUT2D eigenvalue weighted by Gasteiger charge is 2.21. The normalized spacial score (nSPS) is 12.2. The summed E-state index contributed by atoms with van der Waals surface area (Å²) in [6, 6.07) is 19.7. The van der Waals surface area contributed by atoms with Crippen molar-refractivity contribution in [1.82, 2.24) is 14.8 Å². The van der Waals surface area contributed by atoms with E-state index in [1.54, 1.807) is 36.0 Å². The molecule has 0 saturated heterocycles. The SMILES string of the molecule is Cc1cc([C@@H](C)Nc2cccnc2-c2ccccc2F)c2oc(-c3ccc4nn(C)cc4c3)c(C)c(=O)c2c1. The first-order valence-electron chi connectivity index (χ1n) is 12.8. The first kappa shape index (κ1) is 24.6. The van der Waals surface area contributed by atoms with Crippen molar-refractivity contribution in [1.29, 1.82) is 0 Å². The molecular weight excluding hydrogens is 491 g/mol. The zero-order valence-electron chi connectivity index (χ0n) is 22.1. The first-order valence-corrected chi connectivity index (χ1v) is 12.8. The minimum Gasteiger partial charge on any atom is -0.455 e. The lowest BCUT2D eigenvalue weighted by Crippen LogP contribution is -2.13. The Labute approximate surface area is 224 Å². The van der Waals surface area contributed by atoms with Crippen molar-refractivity contribution in [3.8, 4) is 22.6 Å². The van der Waals surface area contributed by atoms with Crippen molar-refractivity contribution in [3.63, 3.8) is 0 Å². The quantitative estimate of drug-likeness (QED) is 0.259. The predicted molar refractivity (Wildman–Crippen MR) is 153 cm³/mol. The molecule has 0 bridgehead atoms. The van der Waals surface area contributed by atoms with Crippen LogP contribution >= 0.6 is 0 Å². The van der Waals surface area contributed by atoms with E-state index in [1.807, 2.05) is 69.6 Å². The Morgan fingerprint density at radius 1 is 1.03 bits per heavy atom. The zero-order chi connectivity index (χ0) is 27.3. The van der Waals surface area contributed by atoms with Crippen molar-refractivity contribution in [2.45, 2.75) is 26.8 Å². The molecule has 6 aromatic rings. The molecule has 0 radical (unpaired) electrons. The van der Waals surface area contributed by atoms with Crippen molar-refractivity contribution < 1.29 is 8.81 Å². The Bertz CT molecular complexity index is 1940. The van der Waals surface area contributed by atoms with Gasteiger partial charge in [0, 0.05) is 47.1 Å². The van der Waals surface area contributed by atoms with Crippen LogP contribution in [0.5, 0.6) is 0 Å². The highest BCUT2D eigenvalue weighted by Crippen LogP contribution is 2.35. The maximum absolute atomic E-state index is 14.6. The molecule has 0 saturated carbocycles. The van der Waals surface area contributed by atoms with E-state index in [0.717, 1.165) is 27.6 Å². The highest BCUT2D eigenvalue weighted by atomic mass is 19.1. The number of aromatic nitrogens is 3. The summed E-state index contributed by atoms with van der Waals surface area (Å²) in [4.78, 5) is 18.1. The number of hydrogen-bond donors (Lipinski definition) is 1. The van der Waals surface area contributed by atoms with Gasteiger partial charge in [0.15, 0.2) is 5.43 Å². The first-order chi connectivity index (χ1) is 18.8. The third-order valence-electron chi connectivity index (χ3n) is 7.05. The standard InChI is InChI=1S/C32H27FN4O2/c1-18-14-24(20(3)35-28-10-7-13-34-29(28)23-8-5-6-9-26(23)33)32-25(15-18)30(38)19(2)31(39-32)21-11-12-27-22(16-21)17-37(4)36-27/h5-17,20,35H,1-4H3/t20-/m1/s1. The third kappa shape index (κ3) is 4.36. The Balaban J connectivity index is 1.48. The van der Waals surface area contributed by atoms with E-state index in [4.69, 9.17) is 4.42 Å². The molecular formula is C32H27FN4O2. The molecule has 0 aliphatic rings. The summed E-state index contributed by atoms with van der Waals surface area (Å²) in [5.74, 6) is 0.189. The fraction of sp³-hybridized carbons (Fsp3) is 0.156. The number of benzene rings is 3. The Morgan fingerprint density at radius 3 is 2.67 bits per heavy atom. The van der Waals surface area contributed by atoms with Gasteiger partial charge < -0.3 is 9.73 Å². The number of anilines is 1. The molecule has 6 rings (SSSR count). The third-order valence-corrected chi connectivity index (χ3v) is 7.05. The molecule has 3 heterocycles. The van der Waals surface area contributed by atoms with Crippen LogP contribution in [0.2, 0.25) is 0 Å². The number of pyridine rings is 1. The van der Waals surface area contributed by atoms with E-state index < -0.39 is 0 Å². The minimum absolute atomic E-state index is 0.0666. The Morgan fingerprint density at radius 2 is 1.85 bits per heavy atom. The van der Waals surface area contributed by atoms with Gasteiger partial charge in [-0.2, -0.15) is 5.10 Å². The molecule has 3 aromatic heterocycles. The van der Waals surface area contributed by atoms with Crippen LogP contribution in [0, 0.1) is 19.7 Å².